The largest absolute Gasteiger partial charge is 0.481 e. The molecule has 0 bridgehead atoms. The summed E-state index contributed by atoms with van der Waals surface area (Å²) >= 11 is 0. The van der Waals surface area contributed by atoms with Crippen LogP contribution in [0.2, 0.25) is 0 Å². The predicted octanol–water partition coefficient (Wildman–Crippen LogP) is 3.29. The SMILES string of the molecule is O=C(Nc1ccc(C(=O)N2CCC(C(=O)O)(c3ccccc3)CC2)cc1)C1CC1. The minimum Gasteiger partial charge on any atom is -0.481 e. The van der Waals surface area contributed by atoms with Crippen LogP contribution in [0.5, 0.6) is 0 Å². The maximum Gasteiger partial charge on any atom is 0.314 e. The minimum absolute atomic E-state index is 0.0334. The van der Waals surface area contributed by atoms with E-state index < -0.39 is 11.4 Å². The Morgan fingerprint density at radius 1 is 0.931 bits per heavy atom. The first-order valence-electron chi connectivity index (χ1n) is 9.99. The summed E-state index contributed by atoms with van der Waals surface area (Å²) in [7, 11) is 0. The third-order valence-electron chi connectivity index (χ3n) is 5.99. The van der Waals surface area contributed by atoms with Gasteiger partial charge in [0.05, 0.1) is 5.41 Å². The molecule has 1 aliphatic carbocycles. The van der Waals surface area contributed by atoms with Crippen molar-refractivity contribution in [2.45, 2.75) is 31.1 Å². The van der Waals surface area contributed by atoms with E-state index in [2.05, 4.69) is 5.32 Å². The number of likely N-dealkylation sites (tertiary alicyclic amines) is 1. The fraction of sp³-hybridized carbons (Fsp3) is 0.348. The minimum atomic E-state index is -0.949. The van der Waals surface area contributed by atoms with Crippen molar-refractivity contribution in [1.82, 2.24) is 4.90 Å². The lowest BCUT2D eigenvalue weighted by atomic mass is 9.73. The molecule has 1 aliphatic heterocycles. The lowest BCUT2D eigenvalue weighted by Gasteiger charge is -2.39. The number of hydrogen-bond acceptors (Lipinski definition) is 3. The molecule has 150 valence electrons. The maximum atomic E-state index is 12.9. The van der Waals surface area contributed by atoms with Crippen LogP contribution in [0.3, 0.4) is 0 Å². The van der Waals surface area contributed by atoms with Gasteiger partial charge < -0.3 is 15.3 Å². The Morgan fingerprint density at radius 3 is 2.10 bits per heavy atom. The second kappa shape index (κ2) is 7.70. The lowest BCUT2D eigenvalue weighted by molar-refractivity contribution is -0.145. The van der Waals surface area contributed by atoms with Gasteiger partial charge in [-0.1, -0.05) is 30.3 Å². The molecular weight excluding hydrogens is 368 g/mol. The van der Waals surface area contributed by atoms with Gasteiger partial charge in [-0.2, -0.15) is 0 Å². The summed E-state index contributed by atoms with van der Waals surface area (Å²) in [4.78, 5) is 38.5. The Hall–Kier alpha value is -3.15. The standard InChI is InChI=1S/C23H24N2O4/c26-20(16-6-7-16)24-19-10-8-17(9-11-19)21(27)25-14-12-23(13-15-25,22(28)29)18-4-2-1-3-5-18/h1-5,8-11,16H,6-7,12-15H2,(H,24,26)(H,28,29). The molecule has 1 heterocycles. The molecule has 0 aromatic heterocycles. The smallest absolute Gasteiger partial charge is 0.314 e. The van der Waals surface area contributed by atoms with Gasteiger partial charge in [0.25, 0.3) is 5.91 Å². The normalized spacial score (nSPS) is 18.1. The number of anilines is 1. The summed E-state index contributed by atoms with van der Waals surface area (Å²) in [5.41, 5.74) is 1.06. The number of aliphatic carboxylic acids is 1. The molecule has 2 N–H and O–H groups in total. The zero-order chi connectivity index (χ0) is 20.4. The van der Waals surface area contributed by atoms with Crippen LogP contribution in [0.25, 0.3) is 0 Å². The Labute approximate surface area is 169 Å². The number of benzene rings is 2. The first kappa shape index (κ1) is 19.2. The highest BCUT2D eigenvalue weighted by Crippen LogP contribution is 2.36. The zero-order valence-electron chi connectivity index (χ0n) is 16.1. The van der Waals surface area contributed by atoms with Crippen molar-refractivity contribution in [2.24, 2.45) is 5.92 Å². The number of nitrogens with one attached hydrogen (secondary N) is 1. The van der Waals surface area contributed by atoms with E-state index in [-0.39, 0.29) is 17.7 Å². The van der Waals surface area contributed by atoms with E-state index in [0.29, 0.717) is 37.2 Å². The summed E-state index contributed by atoms with van der Waals surface area (Å²) in [5, 5.41) is 12.8. The predicted molar refractivity (Wildman–Crippen MR) is 109 cm³/mol. The van der Waals surface area contributed by atoms with Gasteiger partial charge >= 0.3 is 5.97 Å². The molecule has 1 saturated heterocycles. The number of hydrogen-bond donors (Lipinski definition) is 2. The van der Waals surface area contributed by atoms with Crippen LogP contribution in [0.1, 0.15) is 41.6 Å². The van der Waals surface area contributed by atoms with E-state index in [9.17, 15) is 19.5 Å². The number of carboxylic acids is 1. The first-order chi connectivity index (χ1) is 14.0. The van der Waals surface area contributed by atoms with Gasteiger partial charge in [0.1, 0.15) is 0 Å². The summed E-state index contributed by atoms with van der Waals surface area (Å²) in [6, 6.07) is 16.2. The van der Waals surface area contributed by atoms with Crippen LogP contribution in [-0.2, 0) is 15.0 Å². The van der Waals surface area contributed by atoms with Crippen molar-refractivity contribution in [1.29, 1.82) is 0 Å². The van der Waals surface area contributed by atoms with E-state index in [1.54, 1.807) is 29.2 Å². The third-order valence-corrected chi connectivity index (χ3v) is 5.99. The van der Waals surface area contributed by atoms with Crippen LogP contribution in [0.15, 0.2) is 54.6 Å². The summed E-state index contributed by atoms with van der Waals surface area (Å²) in [6.07, 6.45) is 2.65. The highest BCUT2D eigenvalue weighted by molar-refractivity contribution is 5.97. The molecule has 29 heavy (non-hydrogen) atoms. The number of carbonyl (C=O) groups is 3. The average molecular weight is 392 g/mol. The number of carbonyl (C=O) groups excluding carboxylic acids is 2. The number of carboxylic acid groups (broad SMARTS) is 1. The van der Waals surface area contributed by atoms with Crippen molar-refractivity contribution < 1.29 is 19.5 Å². The van der Waals surface area contributed by atoms with Gasteiger partial charge in [-0.05, 0) is 55.5 Å². The Bertz CT molecular complexity index is 912. The molecule has 2 fully saturated rings. The summed E-state index contributed by atoms with van der Waals surface area (Å²) < 4.78 is 0. The van der Waals surface area contributed by atoms with Crippen LogP contribution >= 0.6 is 0 Å². The van der Waals surface area contributed by atoms with Gasteiger partial charge in [-0.25, -0.2) is 0 Å². The molecule has 1 saturated carbocycles. The molecule has 4 rings (SSSR count). The molecule has 0 radical (unpaired) electrons. The van der Waals surface area contributed by atoms with E-state index in [1.807, 2.05) is 30.3 Å². The molecule has 2 aromatic rings. The van der Waals surface area contributed by atoms with Crippen LogP contribution in [0, 0.1) is 5.92 Å². The van der Waals surface area contributed by atoms with E-state index in [4.69, 9.17) is 0 Å². The second-order valence-electron chi connectivity index (χ2n) is 7.89. The van der Waals surface area contributed by atoms with Crippen molar-refractivity contribution in [3.8, 4) is 0 Å². The topological polar surface area (TPSA) is 86.7 Å². The monoisotopic (exact) mass is 392 g/mol. The quantitative estimate of drug-likeness (QED) is 0.817. The molecule has 2 aromatic carbocycles. The van der Waals surface area contributed by atoms with E-state index in [1.165, 1.54) is 0 Å². The second-order valence-corrected chi connectivity index (χ2v) is 7.89. The third kappa shape index (κ3) is 3.88. The lowest BCUT2D eigenvalue weighted by Crippen LogP contribution is -2.49. The van der Waals surface area contributed by atoms with Gasteiger partial charge in [-0.3, -0.25) is 14.4 Å². The number of nitrogens with zero attached hydrogens (tertiary/aromatic N) is 1. The van der Waals surface area contributed by atoms with Crippen molar-refractivity contribution in [3.63, 3.8) is 0 Å². The molecular formula is C23H24N2O4. The summed E-state index contributed by atoms with van der Waals surface area (Å²) in [5.74, 6) is -0.793. The number of rotatable bonds is 5. The Morgan fingerprint density at radius 2 is 1.55 bits per heavy atom. The van der Waals surface area contributed by atoms with Crippen molar-refractivity contribution >= 4 is 23.5 Å². The highest BCUT2D eigenvalue weighted by Gasteiger charge is 2.43. The highest BCUT2D eigenvalue weighted by atomic mass is 16.4. The van der Waals surface area contributed by atoms with Crippen LogP contribution < -0.4 is 5.32 Å². The fourth-order valence-corrected chi connectivity index (χ4v) is 3.94. The Balaban J connectivity index is 1.42. The van der Waals surface area contributed by atoms with Gasteiger partial charge in [0, 0.05) is 30.3 Å². The summed E-state index contributed by atoms with van der Waals surface area (Å²) in [6.45, 7) is 0.778. The van der Waals surface area contributed by atoms with Crippen molar-refractivity contribution in [3.05, 3.63) is 65.7 Å². The van der Waals surface area contributed by atoms with Gasteiger partial charge in [-0.15, -0.1) is 0 Å². The fourth-order valence-electron chi connectivity index (χ4n) is 3.94. The maximum absolute atomic E-state index is 12.9. The molecule has 0 spiro atoms. The van der Waals surface area contributed by atoms with Crippen LogP contribution in [-0.4, -0.2) is 40.9 Å². The zero-order valence-corrected chi connectivity index (χ0v) is 16.1. The molecule has 6 heteroatoms. The van der Waals surface area contributed by atoms with Crippen molar-refractivity contribution in [2.75, 3.05) is 18.4 Å². The molecule has 0 unspecified atom stereocenters. The van der Waals surface area contributed by atoms with Crippen LogP contribution in [0.4, 0.5) is 5.69 Å². The molecule has 0 atom stereocenters. The average Bonchev–Trinajstić information content (AvgIpc) is 3.60. The van der Waals surface area contributed by atoms with Gasteiger partial charge in [0.15, 0.2) is 0 Å². The molecule has 2 amide bonds. The van der Waals surface area contributed by atoms with E-state index in [0.717, 1.165) is 18.4 Å². The van der Waals surface area contributed by atoms with E-state index >= 15 is 0 Å². The van der Waals surface area contributed by atoms with Gasteiger partial charge in [0.2, 0.25) is 5.91 Å². The number of piperidine rings is 1. The number of amides is 2. The molecule has 6 nitrogen and oxygen atoms in total. The molecule has 2 aliphatic rings. The first-order valence-corrected chi connectivity index (χ1v) is 9.99. The Kier molecular flexibility index (Phi) is 5.09.